The number of rotatable bonds is 10. The lowest BCUT2D eigenvalue weighted by atomic mass is 9.95. The summed E-state index contributed by atoms with van der Waals surface area (Å²) in [5, 5.41) is 11.5. The second kappa shape index (κ2) is 11.6. The molecule has 0 bridgehead atoms. The van der Waals surface area contributed by atoms with Crippen LogP contribution in [0.25, 0.3) is 5.76 Å². The largest absolute Gasteiger partial charge is 0.507 e. The highest BCUT2D eigenvalue weighted by Gasteiger charge is 2.45. The van der Waals surface area contributed by atoms with Crippen molar-refractivity contribution in [3.8, 4) is 11.5 Å². The van der Waals surface area contributed by atoms with Crippen LogP contribution in [0, 0.1) is 0 Å². The maximum Gasteiger partial charge on any atom is 0.295 e. The Morgan fingerprint density at radius 1 is 1.06 bits per heavy atom. The van der Waals surface area contributed by atoms with Gasteiger partial charge in [-0.1, -0.05) is 42.3 Å². The molecule has 1 aliphatic heterocycles. The molecule has 3 rings (SSSR count). The third-order valence-electron chi connectivity index (χ3n) is 5.43. The Balaban J connectivity index is 2.10. The fourth-order valence-electron chi connectivity index (χ4n) is 3.85. The van der Waals surface area contributed by atoms with Crippen molar-refractivity contribution in [3.05, 3.63) is 63.1 Å². The number of hydrogen-bond acceptors (Lipinski definition) is 6. The predicted molar refractivity (Wildman–Crippen MR) is 131 cm³/mol. The van der Waals surface area contributed by atoms with E-state index in [1.807, 2.05) is 6.92 Å². The van der Waals surface area contributed by atoms with Crippen LogP contribution < -0.4 is 9.47 Å². The minimum atomic E-state index is -0.795. The van der Waals surface area contributed by atoms with Crippen molar-refractivity contribution < 1.29 is 28.9 Å². The van der Waals surface area contributed by atoms with Gasteiger partial charge in [0.2, 0.25) is 0 Å². The van der Waals surface area contributed by atoms with Crippen LogP contribution in [-0.2, 0) is 14.3 Å². The van der Waals surface area contributed by atoms with Crippen molar-refractivity contribution in [2.45, 2.75) is 25.8 Å². The fraction of sp³-hybridized carbons (Fsp3) is 0.360. The summed E-state index contributed by atoms with van der Waals surface area (Å²) < 4.78 is 15.9. The highest BCUT2D eigenvalue weighted by molar-refractivity contribution is 6.46. The molecule has 1 aliphatic rings. The summed E-state index contributed by atoms with van der Waals surface area (Å²) in [6.45, 7) is 3.29. The van der Waals surface area contributed by atoms with Gasteiger partial charge in [-0.3, -0.25) is 9.59 Å². The SMILES string of the molecule is CCCOc1ccc(C2/C(=C(\O)c3cc(Cl)c(OC)c(Cl)c3)C(=O)C(=O)N2CCCOC)cc1. The number of hydrogen-bond donors (Lipinski definition) is 1. The molecule has 1 N–H and O–H groups in total. The number of methoxy groups -OCH3 is 2. The first kappa shape index (κ1) is 25.9. The number of amides is 1. The Kier molecular flexibility index (Phi) is 8.83. The molecule has 0 spiro atoms. The first-order valence-corrected chi connectivity index (χ1v) is 11.6. The van der Waals surface area contributed by atoms with Crippen molar-refractivity contribution in [1.29, 1.82) is 0 Å². The molecule has 182 valence electrons. The van der Waals surface area contributed by atoms with E-state index in [0.29, 0.717) is 30.9 Å². The molecule has 1 amide bonds. The van der Waals surface area contributed by atoms with E-state index < -0.39 is 17.7 Å². The number of nitrogens with zero attached hydrogens (tertiary/aromatic N) is 1. The molecule has 2 aromatic rings. The lowest BCUT2D eigenvalue weighted by molar-refractivity contribution is -0.140. The van der Waals surface area contributed by atoms with Crippen molar-refractivity contribution in [2.75, 3.05) is 34.0 Å². The highest BCUT2D eigenvalue weighted by atomic mass is 35.5. The van der Waals surface area contributed by atoms with Crippen LogP contribution in [-0.4, -0.2) is 55.7 Å². The number of carbonyl (C=O) groups is 2. The highest BCUT2D eigenvalue weighted by Crippen LogP contribution is 2.42. The molecular formula is C25H27Cl2NO6. The molecule has 1 heterocycles. The van der Waals surface area contributed by atoms with Crippen LogP contribution in [0.15, 0.2) is 42.0 Å². The van der Waals surface area contributed by atoms with E-state index in [2.05, 4.69) is 0 Å². The number of Topliss-reactive ketones (excluding diaryl/α,β-unsaturated/α-hetero) is 1. The van der Waals surface area contributed by atoms with Crippen LogP contribution in [0.5, 0.6) is 11.5 Å². The molecule has 0 aliphatic carbocycles. The van der Waals surface area contributed by atoms with Crippen LogP contribution in [0.2, 0.25) is 10.0 Å². The van der Waals surface area contributed by atoms with Crippen molar-refractivity contribution in [1.82, 2.24) is 4.90 Å². The van der Waals surface area contributed by atoms with Gasteiger partial charge in [0.1, 0.15) is 11.5 Å². The summed E-state index contributed by atoms with van der Waals surface area (Å²) in [6.07, 6.45) is 1.40. The third kappa shape index (κ3) is 5.32. The summed E-state index contributed by atoms with van der Waals surface area (Å²) in [5.41, 5.74) is 0.827. The molecule has 0 radical (unpaired) electrons. The quantitative estimate of drug-likeness (QED) is 0.204. The average molecular weight is 508 g/mol. The molecule has 2 aromatic carbocycles. The Morgan fingerprint density at radius 3 is 2.26 bits per heavy atom. The first-order chi connectivity index (χ1) is 16.3. The van der Waals surface area contributed by atoms with Gasteiger partial charge in [-0.05, 0) is 42.7 Å². The molecule has 1 fully saturated rings. The zero-order chi connectivity index (χ0) is 24.8. The van der Waals surface area contributed by atoms with Gasteiger partial charge in [0, 0.05) is 25.8 Å². The van der Waals surface area contributed by atoms with Gasteiger partial charge < -0.3 is 24.2 Å². The van der Waals surface area contributed by atoms with Gasteiger partial charge in [-0.15, -0.1) is 0 Å². The van der Waals surface area contributed by atoms with Gasteiger partial charge in [0.25, 0.3) is 11.7 Å². The number of aliphatic hydroxyl groups excluding tert-OH is 1. The standard InChI is InChI=1S/C25H27Cl2NO6/c1-4-11-34-17-8-6-15(7-9-17)21-20(23(30)25(31)28(21)10-5-12-32-2)22(29)16-13-18(26)24(33-3)19(27)14-16/h6-9,13-14,21,29H,4-5,10-12H2,1-3H3/b22-20+. The summed E-state index contributed by atoms with van der Waals surface area (Å²) in [6, 6.07) is 9.22. The third-order valence-corrected chi connectivity index (χ3v) is 5.99. The molecular weight excluding hydrogens is 481 g/mol. The van der Waals surface area contributed by atoms with Crippen molar-refractivity contribution >= 4 is 40.7 Å². The molecule has 7 nitrogen and oxygen atoms in total. The summed E-state index contributed by atoms with van der Waals surface area (Å²) in [5.74, 6) is -0.918. The van der Waals surface area contributed by atoms with E-state index in [1.54, 1.807) is 31.4 Å². The zero-order valence-electron chi connectivity index (χ0n) is 19.3. The zero-order valence-corrected chi connectivity index (χ0v) is 20.8. The Labute approximate surface area is 208 Å². The Morgan fingerprint density at radius 2 is 1.71 bits per heavy atom. The molecule has 1 atom stereocenters. The second-order valence-corrected chi connectivity index (χ2v) is 8.54. The topological polar surface area (TPSA) is 85.3 Å². The van der Waals surface area contributed by atoms with E-state index in [0.717, 1.165) is 6.42 Å². The number of ether oxygens (including phenoxy) is 3. The fourth-order valence-corrected chi connectivity index (χ4v) is 4.49. The smallest absolute Gasteiger partial charge is 0.295 e. The molecule has 1 saturated heterocycles. The number of likely N-dealkylation sites (tertiary alicyclic amines) is 1. The van der Waals surface area contributed by atoms with Gasteiger partial charge in [0.05, 0.1) is 35.4 Å². The maximum atomic E-state index is 13.1. The summed E-state index contributed by atoms with van der Waals surface area (Å²) >= 11 is 12.5. The minimum absolute atomic E-state index is 0.0399. The maximum absolute atomic E-state index is 13.1. The lowest BCUT2D eigenvalue weighted by Crippen LogP contribution is -2.31. The van der Waals surface area contributed by atoms with E-state index in [1.165, 1.54) is 24.1 Å². The van der Waals surface area contributed by atoms with E-state index >= 15 is 0 Å². The lowest BCUT2D eigenvalue weighted by Gasteiger charge is -2.25. The molecule has 1 unspecified atom stereocenters. The monoisotopic (exact) mass is 507 g/mol. The number of ketones is 1. The average Bonchev–Trinajstić information content (AvgIpc) is 3.07. The first-order valence-electron chi connectivity index (χ1n) is 10.9. The van der Waals surface area contributed by atoms with Gasteiger partial charge in [-0.25, -0.2) is 0 Å². The molecule has 0 aromatic heterocycles. The van der Waals surface area contributed by atoms with Crippen LogP contribution in [0.1, 0.15) is 36.9 Å². The van der Waals surface area contributed by atoms with Gasteiger partial charge in [0.15, 0.2) is 5.75 Å². The van der Waals surface area contributed by atoms with E-state index in [-0.39, 0.29) is 39.2 Å². The van der Waals surface area contributed by atoms with Crippen LogP contribution in [0.4, 0.5) is 0 Å². The molecule has 34 heavy (non-hydrogen) atoms. The van der Waals surface area contributed by atoms with Gasteiger partial charge >= 0.3 is 0 Å². The van der Waals surface area contributed by atoms with Crippen LogP contribution in [0.3, 0.4) is 0 Å². The van der Waals surface area contributed by atoms with E-state index in [9.17, 15) is 14.7 Å². The van der Waals surface area contributed by atoms with Crippen molar-refractivity contribution in [2.24, 2.45) is 0 Å². The summed E-state index contributed by atoms with van der Waals surface area (Å²) in [4.78, 5) is 27.5. The Hall–Kier alpha value is -2.74. The number of carbonyl (C=O) groups excluding carboxylic acids is 2. The van der Waals surface area contributed by atoms with Crippen molar-refractivity contribution in [3.63, 3.8) is 0 Å². The normalized spacial score (nSPS) is 17.3. The number of aliphatic hydroxyl groups is 1. The number of halogens is 2. The van der Waals surface area contributed by atoms with Crippen LogP contribution >= 0.6 is 23.2 Å². The predicted octanol–water partition coefficient (Wildman–Crippen LogP) is 5.25. The van der Waals surface area contributed by atoms with Gasteiger partial charge in [-0.2, -0.15) is 0 Å². The molecule has 0 saturated carbocycles. The Bertz CT molecular complexity index is 1060. The summed E-state index contributed by atoms with van der Waals surface area (Å²) in [7, 11) is 2.99. The number of benzene rings is 2. The molecule has 9 heteroatoms. The second-order valence-electron chi connectivity index (χ2n) is 7.73. The van der Waals surface area contributed by atoms with E-state index in [4.69, 9.17) is 37.4 Å². The minimum Gasteiger partial charge on any atom is -0.507 e.